The summed E-state index contributed by atoms with van der Waals surface area (Å²) in [6.45, 7) is 5.22. The minimum atomic E-state index is 0. The van der Waals surface area contributed by atoms with Gasteiger partial charge in [-0.2, -0.15) is 4.57 Å². The van der Waals surface area contributed by atoms with Gasteiger partial charge in [0.15, 0.2) is 5.69 Å². The van der Waals surface area contributed by atoms with Crippen molar-refractivity contribution in [3.8, 4) is 0 Å². The first-order valence-electron chi connectivity index (χ1n) is 6.25. The first-order chi connectivity index (χ1) is 9.20. The van der Waals surface area contributed by atoms with Gasteiger partial charge in [0, 0.05) is 42.0 Å². The topological polar surface area (TPSA) is 28.8 Å². The Labute approximate surface area is 145 Å². The SMILES string of the molecule is CC[n+]1c(C)cccc1C=CNc1ccc(Br)cn1.[I-]. The van der Waals surface area contributed by atoms with Gasteiger partial charge in [0.2, 0.25) is 5.69 Å². The third kappa shape index (κ3) is 4.56. The van der Waals surface area contributed by atoms with Crippen molar-refractivity contribution in [2.45, 2.75) is 20.4 Å². The molecule has 0 atom stereocenters. The number of nitrogens with one attached hydrogen (secondary N) is 1. The van der Waals surface area contributed by atoms with Crippen LogP contribution in [0.2, 0.25) is 0 Å². The normalized spacial score (nSPS) is 10.3. The maximum atomic E-state index is 4.25. The fourth-order valence-electron chi connectivity index (χ4n) is 1.92. The zero-order valence-corrected chi connectivity index (χ0v) is 15.2. The summed E-state index contributed by atoms with van der Waals surface area (Å²) in [5, 5.41) is 3.17. The van der Waals surface area contributed by atoms with Gasteiger partial charge >= 0.3 is 0 Å². The molecule has 0 fully saturated rings. The molecule has 1 N–H and O–H groups in total. The molecule has 2 heterocycles. The van der Waals surface area contributed by atoms with Gasteiger partial charge in [-0.1, -0.05) is 0 Å². The molecule has 106 valence electrons. The predicted molar refractivity (Wildman–Crippen MR) is 81.6 cm³/mol. The lowest BCUT2D eigenvalue weighted by molar-refractivity contribution is -0.701. The standard InChI is InChI=1S/C15H16BrN3.HI/c1-3-19-12(2)5-4-6-14(19)9-10-17-15-8-7-13(16)11-18-15;/h4-11H,3H2,1-2H3;1H. The van der Waals surface area contributed by atoms with Gasteiger partial charge in [0.05, 0.1) is 0 Å². The van der Waals surface area contributed by atoms with Gasteiger partial charge in [-0.3, -0.25) is 0 Å². The van der Waals surface area contributed by atoms with Crippen LogP contribution in [0.4, 0.5) is 5.82 Å². The molecule has 0 saturated carbocycles. The Morgan fingerprint density at radius 2 is 2.10 bits per heavy atom. The Kier molecular flexibility index (Phi) is 7.15. The predicted octanol–water partition coefficient (Wildman–Crippen LogP) is 0.547. The van der Waals surface area contributed by atoms with E-state index in [2.05, 4.69) is 68.9 Å². The first kappa shape index (κ1) is 17.1. The molecule has 2 rings (SSSR count). The maximum Gasteiger partial charge on any atom is 0.206 e. The minimum Gasteiger partial charge on any atom is -1.00 e. The smallest absolute Gasteiger partial charge is 0.206 e. The third-order valence-electron chi connectivity index (χ3n) is 2.87. The highest BCUT2D eigenvalue weighted by molar-refractivity contribution is 9.10. The van der Waals surface area contributed by atoms with E-state index < -0.39 is 0 Å². The molecule has 0 amide bonds. The van der Waals surface area contributed by atoms with Crippen LogP contribution in [-0.4, -0.2) is 4.98 Å². The Balaban J connectivity index is 0.00000200. The average Bonchev–Trinajstić information content (AvgIpc) is 2.41. The van der Waals surface area contributed by atoms with Gasteiger partial charge < -0.3 is 29.3 Å². The van der Waals surface area contributed by atoms with Gasteiger partial charge in [0.1, 0.15) is 12.4 Å². The quantitative estimate of drug-likeness (QED) is 0.550. The van der Waals surface area contributed by atoms with E-state index in [1.807, 2.05) is 18.3 Å². The van der Waals surface area contributed by atoms with Crippen LogP contribution in [-0.2, 0) is 6.54 Å². The molecular weight excluding hydrogens is 429 g/mol. The summed E-state index contributed by atoms with van der Waals surface area (Å²) in [7, 11) is 0. The van der Waals surface area contributed by atoms with Crippen molar-refractivity contribution in [1.82, 2.24) is 4.98 Å². The largest absolute Gasteiger partial charge is 1.00 e. The molecule has 0 aliphatic heterocycles. The zero-order chi connectivity index (χ0) is 13.7. The summed E-state index contributed by atoms with van der Waals surface area (Å²) in [5.41, 5.74) is 2.43. The number of aryl methyl sites for hydroxylation is 1. The van der Waals surface area contributed by atoms with Crippen LogP contribution in [0.1, 0.15) is 18.3 Å². The van der Waals surface area contributed by atoms with E-state index >= 15 is 0 Å². The van der Waals surface area contributed by atoms with Crippen molar-refractivity contribution >= 4 is 27.8 Å². The lowest BCUT2D eigenvalue weighted by atomic mass is 10.2. The monoisotopic (exact) mass is 445 g/mol. The van der Waals surface area contributed by atoms with Crippen molar-refractivity contribution < 1.29 is 28.5 Å². The zero-order valence-electron chi connectivity index (χ0n) is 11.5. The Bertz CT molecular complexity index is 582. The van der Waals surface area contributed by atoms with Gasteiger partial charge in [-0.25, -0.2) is 4.98 Å². The molecule has 0 saturated heterocycles. The highest BCUT2D eigenvalue weighted by Gasteiger charge is 2.07. The first-order valence-corrected chi connectivity index (χ1v) is 7.04. The second kappa shape index (κ2) is 8.36. The summed E-state index contributed by atoms with van der Waals surface area (Å²) in [4.78, 5) is 4.25. The van der Waals surface area contributed by atoms with Crippen LogP contribution >= 0.6 is 15.9 Å². The van der Waals surface area contributed by atoms with Crippen LogP contribution in [0.3, 0.4) is 0 Å². The molecule has 0 aliphatic carbocycles. The van der Waals surface area contributed by atoms with Crippen LogP contribution in [0.15, 0.2) is 47.2 Å². The number of aromatic nitrogens is 2. The Morgan fingerprint density at radius 3 is 2.75 bits per heavy atom. The molecule has 0 unspecified atom stereocenters. The Hall–Kier alpha value is -0.950. The van der Waals surface area contributed by atoms with Crippen molar-refractivity contribution in [1.29, 1.82) is 0 Å². The number of rotatable bonds is 4. The number of pyridine rings is 2. The summed E-state index contributed by atoms with van der Waals surface area (Å²) >= 11 is 3.37. The van der Waals surface area contributed by atoms with E-state index in [1.165, 1.54) is 11.4 Å². The summed E-state index contributed by atoms with van der Waals surface area (Å²) in [6, 6.07) is 10.2. The highest BCUT2D eigenvalue weighted by atomic mass is 127. The van der Waals surface area contributed by atoms with Crippen molar-refractivity contribution in [3.05, 3.63) is 58.6 Å². The van der Waals surface area contributed by atoms with Gasteiger partial charge in [0.25, 0.3) is 0 Å². The molecule has 3 nitrogen and oxygen atoms in total. The summed E-state index contributed by atoms with van der Waals surface area (Å²) in [5.74, 6) is 0.829. The number of hydrogen-bond donors (Lipinski definition) is 1. The van der Waals surface area contributed by atoms with E-state index in [1.54, 1.807) is 6.20 Å². The van der Waals surface area contributed by atoms with E-state index in [4.69, 9.17) is 0 Å². The van der Waals surface area contributed by atoms with Crippen molar-refractivity contribution in [2.75, 3.05) is 5.32 Å². The highest BCUT2D eigenvalue weighted by Crippen LogP contribution is 2.10. The molecule has 0 aliphatic rings. The van der Waals surface area contributed by atoms with Crippen LogP contribution in [0.5, 0.6) is 0 Å². The molecule has 20 heavy (non-hydrogen) atoms. The maximum absolute atomic E-state index is 4.25. The van der Waals surface area contributed by atoms with E-state index in [0.29, 0.717) is 0 Å². The molecular formula is C15H17BrIN3. The fourth-order valence-corrected chi connectivity index (χ4v) is 2.16. The van der Waals surface area contributed by atoms with Crippen LogP contribution in [0, 0.1) is 6.92 Å². The average molecular weight is 446 g/mol. The number of nitrogens with zero attached hydrogens (tertiary/aromatic N) is 2. The van der Waals surface area contributed by atoms with Crippen LogP contribution in [0.25, 0.3) is 6.08 Å². The number of halogens is 2. The van der Waals surface area contributed by atoms with Crippen molar-refractivity contribution in [3.63, 3.8) is 0 Å². The van der Waals surface area contributed by atoms with Gasteiger partial charge in [-0.05, 0) is 41.1 Å². The minimum absolute atomic E-state index is 0. The Morgan fingerprint density at radius 1 is 1.30 bits per heavy atom. The molecule has 0 bridgehead atoms. The van der Waals surface area contributed by atoms with E-state index in [9.17, 15) is 0 Å². The lowest BCUT2D eigenvalue weighted by Gasteiger charge is -2.01. The molecule has 0 aromatic carbocycles. The second-order valence-corrected chi connectivity index (χ2v) is 5.09. The van der Waals surface area contributed by atoms with Crippen molar-refractivity contribution in [2.24, 2.45) is 0 Å². The molecule has 2 aromatic rings. The lowest BCUT2D eigenvalue weighted by Crippen LogP contribution is -3.00. The number of hydrogen-bond acceptors (Lipinski definition) is 2. The fraction of sp³-hybridized carbons (Fsp3) is 0.200. The molecule has 0 radical (unpaired) electrons. The second-order valence-electron chi connectivity index (χ2n) is 4.18. The number of anilines is 1. The van der Waals surface area contributed by atoms with E-state index in [0.717, 1.165) is 16.8 Å². The van der Waals surface area contributed by atoms with E-state index in [-0.39, 0.29) is 24.0 Å². The summed E-state index contributed by atoms with van der Waals surface area (Å²) < 4.78 is 3.23. The van der Waals surface area contributed by atoms with Crippen LogP contribution < -0.4 is 33.9 Å². The van der Waals surface area contributed by atoms with Gasteiger partial charge in [-0.15, -0.1) is 0 Å². The molecule has 2 aromatic heterocycles. The third-order valence-corrected chi connectivity index (χ3v) is 3.34. The molecule has 5 heteroatoms. The summed E-state index contributed by atoms with van der Waals surface area (Å²) in [6.07, 6.45) is 5.74. The molecule has 0 spiro atoms.